The summed E-state index contributed by atoms with van der Waals surface area (Å²) in [6.45, 7) is 8.27. The van der Waals surface area contributed by atoms with Crippen molar-refractivity contribution in [1.29, 1.82) is 0 Å². The number of benzene rings is 4. The Bertz CT molecular complexity index is 3510. The third-order valence-electron chi connectivity index (χ3n) is 15.5. The molecular weight excluding hydrogens is 1310 g/mol. The highest BCUT2D eigenvalue weighted by Gasteiger charge is 2.67. The van der Waals surface area contributed by atoms with Crippen LogP contribution in [0, 0.1) is 0 Å². The molecule has 0 saturated carbocycles. The average Bonchev–Trinajstić information content (AvgIpc) is 1.65. The predicted molar refractivity (Wildman–Crippen MR) is 330 cm³/mol. The van der Waals surface area contributed by atoms with Crippen LogP contribution in [0.4, 0.5) is 0 Å². The van der Waals surface area contributed by atoms with Crippen LogP contribution in [-0.2, 0) is 124 Å². The van der Waals surface area contributed by atoms with Gasteiger partial charge in [-0.3, -0.25) is 24.0 Å². The summed E-state index contributed by atoms with van der Waals surface area (Å²) in [4.78, 5) is 153. The van der Waals surface area contributed by atoms with Crippen LogP contribution in [0.25, 0.3) is 0 Å². The van der Waals surface area contributed by atoms with Gasteiger partial charge in [0.25, 0.3) is 11.6 Å². The van der Waals surface area contributed by atoms with Crippen molar-refractivity contribution in [3.05, 3.63) is 156 Å². The SMILES string of the molecule is C=CCO[C@]1(C(=O)OC)C[C@@H](O[C@]2(C(=O)OC)C[C@H]3OC(C)(C)O[C@H]3[C@@H]([C@@H](COC(=O)c3ccccc3)OC(=O)c3ccccc3)O2)[C@@H](O[C@H]2O[C@H]([C@H](COC(C)=O)OC(C)=O)[C@@H](OC(C)=O)[C@H](OC(C)=O)[C@@H]2OC(C)=O)[C@@H]([C@@H](COC(=O)c2ccccc2)OC(=O)c2ccccc2)O1. The molecule has 30 nitrogen and oxygen atoms in total. The summed E-state index contributed by atoms with van der Waals surface area (Å²) in [5, 5.41) is 0. The van der Waals surface area contributed by atoms with Crippen LogP contribution in [0.1, 0.15) is 103 Å². The number of hydrogen-bond donors (Lipinski definition) is 0. The largest absolute Gasteiger partial charge is 0.465 e. The molecule has 4 aromatic rings. The highest BCUT2D eigenvalue weighted by atomic mass is 16.8. The van der Waals surface area contributed by atoms with Crippen LogP contribution < -0.4 is 0 Å². The molecule has 30 heteroatoms. The van der Waals surface area contributed by atoms with Gasteiger partial charge in [0, 0.05) is 47.5 Å². The van der Waals surface area contributed by atoms with Crippen LogP contribution >= 0.6 is 0 Å². The number of esters is 11. The Kier molecular flexibility index (Phi) is 25.7. The van der Waals surface area contributed by atoms with Gasteiger partial charge < -0.3 is 90.0 Å². The van der Waals surface area contributed by atoms with Gasteiger partial charge in [0.1, 0.15) is 50.3 Å². The summed E-state index contributed by atoms with van der Waals surface area (Å²) in [6.07, 6.45) is -28.1. The van der Waals surface area contributed by atoms with Crippen LogP contribution in [0.5, 0.6) is 0 Å². The van der Waals surface area contributed by atoms with Crippen molar-refractivity contribution in [3.8, 4) is 0 Å². The van der Waals surface area contributed by atoms with Crippen LogP contribution in [0.2, 0.25) is 0 Å². The fourth-order valence-electron chi connectivity index (χ4n) is 11.5. The quantitative estimate of drug-likeness (QED) is 0.0411. The maximum atomic E-state index is 15.4. The summed E-state index contributed by atoms with van der Waals surface area (Å²) in [5.41, 5.74) is -0.0474. The van der Waals surface area contributed by atoms with Gasteiger partial charge in [0.2, 0.25) is 0 Å². The van der Waals surface area contributed by atoms with Gasteiger partial charge in [-0.25, -0.2) is 28.8 Å². The van der Waals surface area contributed by atoms with Gasteiger partial charge in [-0.15, -0.1) is 6.58 Å². The van der Waals surface area contributed by atoms with Crippen molar-refractivity contribution in [2.45, 2.75) is 164 Å². The predicted octanol–water partition coefficient (Wildman–Crippen LogP) is 4.98. The molecule has 8 rings (SSSR count). The highest BCUT2D eigenvalue weighted by molar-refractivity contribution is 5.91. The standard InChI is InChI=1S/C69H76O30/c1-11-32-86-68(65(79)81-9)33-47(96-69(66(80)82-10)34-48-54(97-67(7,8)95-48)56(99-69)51(92-63(78)46-30-22-15-23-31-46)37-85-61(76)44-26-18-13-19-27-44)52(55(98-68)50(91-62(77)45-28-20-14-21-29-45)36-84-60(75)43-24-16-12-17-25-43)93-64-59(90-42(6)74)58(89-41(5)73)57(88-40(4)72)53(94-64)49(87-39(3)71)35-83-38(2)70/h11-31,47-59,64H,1,32-37H2,2-10H3/t47-,48-,49+,50-,51-,52-,53-,54-,55-,56-,57-,58+,59+,64+,68-,69-/m1/s1. The van der Waals surface area contributed by atoms with E-state index >= 15 is 4.79 Å². The summed E-state index contributed by atoms with van der Waals surface area (Å²) < 4.78 is 117. The van der Waals surface area contributed by atoms with Crippen molar-refractivity contribution >= 4 is 65.7 Å². The molecule has 0 amide bonds. The smallest absolute Gasteiger partial charge is 0.366 e. The van der Waals surface area contributed by atoms with Crippen molar-refractivity contribution < 1.29 is 143 Å². The first-order chi connectivity index (χ1) is 47.2. The first kappa shape index (κ1) is 75.2. The number of methoxy groups -OCH3 is 2. The molecule has 0 aromatic heterocycles. The Hall–Kier alpha value is -9.53. The number of ether oxygens (including phenoxy) is 19. The Labute approximate surface area is 567 Å². The van der Waals surface area contributed by atoms with Crippen molar-refractivity contribution in [2.75, 3.05) is 40.6 Å². The van der Waals surface area contributed by atoms with Crippen LogP contribution in [0.3, 0.4) is 0 Å². The molecular formula is C69H76O30. The maximum absolute atomic E-state index is 15.4. The minimum Gasteiger partial charge on any atom is -0.465 e. The molecule has 0 bridgehead atoms. The molecule has 4 aliphatic heterocycles. The van der Waals surface area contributed by atoms with E-state index in [1.54, 1.807) is 48.5 Å². The van der Waals surface area contributed by atoms with Gasteiger partial charge in [0.15, 0.2) is 48.7 Å². The van der Waals surface area contributed by atoms with E-state index in [4.69, 9.17) is 90.0 Å². The zero-order valence-corrected chi connectivity index (χ0v) is 55.4. The van der Waals surface area contributed by atoms with Crippen molar-refractivity contribution in [2.24, 2.45) is 0 Å². The fraction of sp³-hybridized carbons (Fsp3) is 0.464. The second kappa shape index (κ2) is 33.8. The molecule has 0 aliphatic carbocycles. The van der Waals surface area contributed by atoms with E-state index in [0.29, 0.717) is 0 Å². The fourth-order valence-corrected chi connectivity index (χ4v) is 11.5. The Balaban J connectivity index is 1.39. The number of carbonyl (C=O) groups is 11. The van der Waals surface area contributed by atoms with Crippen LogP contribution in [-0.4, -0.2) is 209 Å². The zero-order valence-electron chi connectivity index (χ0n) is 55.4. The molecule has 0 N–H and O–H groups in total. The Morgan fingerprint density at radius 2 is 0.909 bits per heavy atom. The van der Waals surface area contributed by atoms with Gasteiger partial charge in [0.05, 0.1) is 55.3 Å². The van der Waals surface area contributed by atoms with E-state index in [2.05, 4.69) is 6.58 Å². The summed E-state index contributed by atoms with van der Waals surface area (Å²) in [7, 11) is 1.89. The molecule has 4 fully saturated rings. The molecule has 4 aromatic carbocycles. The van der Waals surface area contributed by atoms with E-state index in [1.165, 1.54) is 92.7 Å². The van der Waals surface area contributed by atoms with E-state index in [9.17, 15) is 47.9 Å². The minimum absolute atomic E-state index is 0.00688. The molecule has 4 saturated heterocycles. The third-order valence-corrected chi connectivity index (χ3v) is 15.5. The lowest BCUT2D eigenvalue weighted by Gasteiger charge is -2.52. The number of fused-ring (bicyclic) bond motifs is 1. The minimum atomic E-state index is -2.99. The lowest BCUT2D eigenvalue weighted by Crippen LogP contribution is -2.70. The van der Waals surface area contributed by atoms with Crippen molar-refractivity contribution in [3.63, 3.8) is 0 Å². The first-order valence-corrected chi connectivity index (χ1v) is 31.1. The first-order valence-electron chi connectivity index (χ1n) is 31.1. The average molecular weight is 1390 g/mol. The Morgan fingerprint density at radius 1 is 0.475 bits per heavy atom. The molecule has 532 valence electrons. The van der Waals surface area contributed by atoms with E-state index < -0.39 is 208 Å². The van der Waals surface area contributed by atoms with Gasteiger partial charge in [-0.1, -0.05) is 78.9 Å². The number of carbonyl (C=O) groups excluding carboxylic acids is 11. The van der Waals surface area contributed by atoms with E-state index in [1.807, 2.05) is 0 Å². The van der Waals surface area contributed by atoms with Gasteiger partial charge in [-0.05, 0) is 62.4 Å². The second-order valence-electron chi connectivity index (χ2n) is 23.2. The van der Waals surface area contributed by atoms with E-state index in [0.717, 1.165) is 48.8 Å². The summed E-state index contributed by atoms with van der Waals surface area (Å²) in [6, 6.07) is 30.1. The number of hydrogen-bond acceptors (Lipinski definition) is 30. The molecule has 0 radical (unpaired) electrons. The molecule has 4 aliphatic rings. The third kappa shape index (κ3) is 19.2. The van der Waals surface area contributed by atoms with Gasteiger partial charge >= 0.3 is 65.7 Å². The lowest BCUT2D eigenvalue weighted by atomic mass is 9.89. The van der Waals surface area contributed by atoms with Crippen LogP contribution in [0.15, 0.2) is 134 Å². The topological polar surface area (TPSA) is 363 Å². The van der Waals surface area contributed by atoms with Gasteiger partial charge in [-0.2, -0.15) is 0 Å². The molecule has 99 heavy (non-hydrogen) atoms. The summed E-state index contributed by atoms with van der Waals surface area (Å²) in [5.74, 6) is -19.5. The normalized spacial score (nSPS) is 26.9. The molecule has 16 atom stereocenters. The molecule has 0 unspecified atom stereocenters. The lowest BCUT2D eigenvalue weighted by molar-refractivity contribution is -0.394. The second-order valence-corrected chi connectivity index (χ2v) is 23.2. The molecule has 0 spiro atoms. The summed E-state index contributed by atoms with van der Waals surface area (Å²) >= 11 is 0. The van der Waals surface area contributed by atoms with E-state index in [-0.39, 0.29) is 22.3 Å². The monoisotopic (exact) mass is 1380 g/mol. The highest BCUT2D eigenvalue weighted by Crippen LogP contribution is 2.48. The van der Waals surface area contributed by atoms with Crippen molar-refractivity contribution in [1.82, 2.24) is 0 Å². The Morgan fingerprint density at radius 3 is 1.37 bits per heavy atom. The zero-order chi connectivity index (χ0) is 71.8. The number of rotatable bonds is 28. The molecule has 4 heterocycles. The maximum Gasteiger partial charge on any atom is 0.366 e.